The Morgan fingerprint density at radius 2 is 0.700 bits per heavy atom. The molecule has 14 aromatic rings. The van der Waals surface area contributed by atoms with Crippen molar-refractivity contribution in [3.8, 4) is 40.1 Å². The highest BCUT2D eigenvalue weighted by Gasteiger charge is 2.47. The van der Waals surface area contributed by atoms with Gasteiger partial charge < -0.3 is 14.9 Å². The van der Waals surface area contributed by atoms with E-state index in [0.717, 1.165) is 34.7 Å². The Kier molecular flexibility index (Phi) is 16.1. The van der Waals surface area contributed by atoms with Crippen LogP contribution in [0.5, 0.6) is 0 Å². The average Bonchev–Trinajstić information content (AvgIpc) is 1.54. The van der Waals surface area contributed by atoms with E-state index in [1.807, 2.05) is 24.3 Å². The van der Waals surface area contributed by atoms with Gasteiger partial charge in [0, 0.05) is 41.9 Å². The number of hydrogen-bond donors (Lipinski definition) is 0. The molecule has 427 valence electrons. The van der Waals surface area contributed by atoms with E-state index >= 15 is 0 Å². The summed E-state index contributed by atoms with van der Waals surface area (Å²) in [4.78, 5) is 2.33. The highest BCUT2D eigenvalue weighted by Crippen LogP contribution is 2.59. The molecule has 1 aromatic heterocycles. The summed E-state index contributed by atoms with van der Waals surface area (Å²) in [5.74, 6) is 0. The van der Waals surface area contributed by atoms with Gasteiger partial charge in [-0.2, -0.15) is 10.5 Å². The van der Waals surface area contributed by atoms with Crippen molar-refractivity contribution in [2.45, 2.75) is 24.7 Å². The van der Waals surface area contributed by atoms with Crippen LogP contribution in [0.1, 0.15) is 74.2 Å². The standard InChI is InChI=1S/C50H33N3.C33H23N.CH4.B.H2O/c51-34-35-24-26-39(27-25-35)52(40-29-31-49-45(32-40)44-21-11-13-23-48(44)53(49)38-18-8-3-9-19-38)41-28-30-43-42-20-10-12-22-46(42)50(47(43)33-41,36-14-4-1-5-15-36)37-16-6-2-7-17-37;34-23-25-17-15-24(16-18-25)21-26-19-20-30-29-13-7-8-14-31(29)33(32(30)22-26,27-9-3-1-4-10-27)28-11-5-2-6-12-28;;;/h1-33H;1-20,22H,21H2;1H4;;1H2. The summed E-state index contributed by atoms with van der Waals surface area (Å²) >= 11 is 0. The first-order chi connectivity index (χ1) is 43.1. The maximum absolute atomic E-state index is 9.72. The summed E-state index contributed by atoms with van der Waals surface area (Å²) < 4.78 is 2.35. The monoisotopic (exact) mass is 1150 g/mol. The zero-order chi connectivity index (χ0) is 58.3. The molecule has 13 aromatic carbocycles. The van der Waals surface area contributed by atoms with Crippen LogP contribution in [0.15, 0.2) is 328 Å². The highest BCUT2D eigenvalue weighted by atomic mass is 16.0. The lowest BCUT2D eigenvalue weighted by Gasteiger charge is -2.35. The van der Waals surface area contributed by atoms with Crippen molar-refractivity contribution >= 4 is 47.3 Å². The second kappa shape index (κ2) is 24.7. The van der Waals surface area contributed by atoms with Crippen LogP contribution in [-0.2, 0) is 17.3 Å². The van der Waals surface area contributed by atoms with Gasteiger partial charge in [0.1, 0.15) is 0 Å². The van der Waals surface area contributed by atoms with Crippen LogP contribution in [0.4, 0.5) is 17.1 Å². The highest BCUT2D eigenvalue weighted by molar-refractivity contribution is 6.11. The van der Waals surface area contributed by atoms with E-state index in [2.05, 4.69) is 325 Å². The summed E-state index contributed by atoms with van der Waals surface area (Å²) in [5, 5.41) is 21.2. The lowest BCUT2D eigenvalue weighted by molar-refractivity contribution is 0.767. The molecule has 0 bridgehead atoms. The van der Waals surface area contributed by atoms with Crippen molar-refractivity contribution in [3.05, 3.63) is 394 Å². The van der Waals surface area contributed by atoms with Gasteiger partial charge in [-0.1, -0.05) is 250 Å². The van der Waals surface area contributed by atoms with Crippen LogP contribution in [0, 0.1) is 22.7 Å². The smallest absolute Gasteiger partial charge is 0.0991 e. The molecule has 2 aliphatic carbocycles. The molecule has 16 rings (SSSR count). The molecule has 90 heavy (non-hydrogen) atoms. The fourth-order valence-corrected chi connectivity index (χ4v) is 14.2. The van der Waals surface area contributed by atoms with Crippen LogP contribution in [0.3, 0.4) is 0 Å². The van der Waals surface area contributed by atoms with Gasteiger partial charge >= 0.3 is 0 Å². The number of fused-ring (bicyclic) bond motifs is 9. The van der Waals surface area contributed by atoms with E-state index < -0.39 is 5.41 Å². The first kappa shape index (κ1) is 58.8. The maximum atomic E-state index is 9.72. The number of anilines is 3. The number of benzene rings is 13. The zero-order valence-corrected chi connectivity index (χ0v) is 48.8. The first-order valence-electron chi connectivity index (χ1n) is 29.6. The van der Waals surface area contributed by atoms with Crippen LogP contribution in [0.25, 0.3) is 49.7 Å². The third-order valence-electron chi connectivity index (χ3n) is 17.9. The molecule has 2 N–H and O–H groups in total. The molecule has 0 amide bonds. The van der Waals surface area contributed by atoms with Gasteiger partial charge in [0.25, 0.3) is 0 Å². The third kappa shape index (κ3) is 9.65. The lowest BCUT2D eigenvalue weighted by atomic mass is 9.67. The molecule has 0 saturated carbocycles. The van der Waals surface area contributed by atoms with Crippen LogP contribution < -0.4 is 4.90 Å². The molecule has 0 spiro atoms. The average molecular weight is 1150 g/mol. The molecule has 3 radical (unpaired) electrons. The minimum absolute atomic E-state index is 0. The van der Waals surface area contributed by atoms with E-state index in [0.29, 0.717) is 11.1 Å². The first-order valence-corrected chi connectivity index (χ1v) is 29.6. The lowest BCUT2D eigenvalue weighted by Crippen LogP contribution is -2.28. The number of hydrogen-bond acceptors (Lipinski definition) is 3. The molecule has 0 unspecified atom stereocenters. The molecule has 0 atom stereocenters. The van der Waals surface area contributed by atoms with Crippen molar-refractivity contribution in [1.82, 2.24) is 4.57 Å². The predicted octanol–water partition coefficient (Wildman–Crippen LogP) is 19.4. The van der Waals surface area contributed by atoms with Crippen molar-refractivity contribution in [1.29, 1.82) is 10.5 Å². The van der Waals surface area contributed by atoms with Gasteiger partial charge in [-0.15, -0.1) is 0 Å². The minimum Gasteiger partial charge on any atom is -0.412 e. The topological polar surface area (TPSA) is 87.2 Å². The van der Waals surface area contributed by atoms with E-state index in [9.17, 15) is 5.26 Å². The number of para-hydroxylation sites is 2. The van der Waals surface area contributed by atoms with Crippen molar-refractivity contribution in [2.24, 2.45) is 0 Å². The Bertz CT molecular complexity index is 4880. The SMILES string of the molecule is C.N#Cc1ccc(Cc2ccc3c(c2)C(c2ccccc2)(c2ccccc2)c2ccccc2-3)cc1.N#Cc1ccc(N(c2ccc3c(c2)C(c2ccccc2)(c2ccccc2)c2ccccc2-3)c2ccc3c(c2)c2ccccc2n3-c2ccccc2)cc1.O.[B]. The van der Waals surface area contributed by atoms with Crippen LogP contribution in [-0.4, -0.2) is 18.5 Å². The summed E-state index contributed by atoms with van der Waals surface area (Å²) in [5.41, 5.74) is 24.7. The zero-order valence-electron chi connectivity index (χ0n) is 48.8. The van der Waals surface area contributed by atoms with Crippen molar-refractivity contribution in [3.63, 3.8) is 0 Å². The van der Waals surface area contributed by atoms with E-state index in [1.54, 1.807) is 0 Å². The van der Waals surface area contributed by atoms with Gasteiger partial charge in [-0.3, -0.25) is 0 Å². The van der Waals surface area contributed by atoms with Crippen molar-refractivity contribution < 1.29 is 5.48 Å². The number of nitriles is 2. The fourth-order valence-electron chi connectivity index (χ4n) is 14.2. The molecular weight excluding hydrogens is 1090 g/mol. The van der Waals surface area contributed by atoms with Gasteiger partial charge in [0.15, 0.2) is 0 Å². The Labute approximate surface area is 528 Å². The molecule has 6 heteroatoms. The summed E-state index contributed by atoms with van der Waals surface area (Å²) in [6, 6.07) is 122. The molecule has 1 heterocycles. The molecule has 0 saturated heterocycles. The second-order valence-corrected chi connectivity index (χ2v) is 22.5. The predicted molar refractivity (Wildman–Crippen MR) is 371 cm³/mol. The Morgan fingerprint density at radius 3 is 1.22 bits per heavy atom. The summed E-state index contributed by atoms with van der Waals surface area (Å²) in [6.45, 7) is 0. The van der Waals surface area contributed by atoms with Gasteiger partial charge in [-0.25, -0.2) is 0 Å². The molecule has 0 fully saturated rings. The maximum Gasteiger partial charge on any atom is 0.0991 e. The summed E-state index contributed by atoms with van der Waals surface area (Å²) in [6.07, 6.45) is 0.828. The largest absolute Gasteiger partial charge is 0.412 e. The second-order valence-electron chi connectivity index (χ2n) is 22.5. The molecule has 0 aliphatic heterocycles. The summed E-state index contributed by atoms with van der Waals surface area (Å²) in [7, 11) is 0. The Hall–Kier alpha value is -11.5. The molecule has 2 aliphatic rings. The van der Waals surface area contributed by atoms with E-state index in [-0.39, 0.29) is 26.7 Å². The van der Waals surface area contributed by atoms with E-state index in [1.165, 1.54) is 94.2 Å². The molecular formula is C84H62BN4O. The Morgan fingerprint density at radius 1 is 0.322 bits per heavy atom. The minimum atomic E-state index is -0.520. The third-order valence-corrected chi connectivity index (χ3v) is 17.9. The van der Waals surface area contributed by atoms with E-state index in [4.69, 9.17) is 5.26 Å². The van der Waals surface area contributed by atoms with Crippen LogP contribution >= 0.6 is 0 Å². The number of aromatic nitrogens is 1. The quantitative estimate of drug-likeness (QED) is 0.128. The van der Waals surface area contributed by atoms with Gasteiger partial charge in [0.05, 0.1) is 45.1 Å². The Balaban J connectivity index is 0.000000184. The van der Waals surface area contributed by atoms with Gasteiger partial charge in [-0.05, 0) is 169 Å². The van der Waals surface area contributed by atoms with Crippen molar-refractivity contribution in [2.75, 3.05) is 4.90 Å². The molecule has 5 nitrogen and oxygen atoms in total. The number of rotatable bonds is 10. The normalized spacial score (nSPS) is 12.4. The number of nitrogens with zero attached hydrogens (tertiary/aromatic N) is 4. The fraction of sp³-hybridized carbons (Fsp3) is 0.0476. The van der Waals surface area contributed by atoms with Gasteiger partial charge in [0.2, 0.25) is 0 Å². The van der Waals surface area contributed by atoms with Crippen LogP contribution in [0.2, 0.25) is 0 Å².